The van der Waals surface area contributed by atoms with Gasteiger partial charge in [-0.3, -0.25) is 14.8 Å². The van der Waals surface area contributed by atoms with E-state index in [1.807, 2.05) is 30.3 Å². The molecule has 0 bridgehead atoms. The van der Waals surface area contributed by atoms with Crippen LogP contribution in [-0.2, 0) is 19.6 Å². The first-order chi connectivity index (χ1) is 16.4. The first-order valence-corrected chi connectivity index (χ1v) is 11.9. The molecule has 0 aromatic heterocycles. The third-order valence-electron chi connectivity index (χ3n) is 4.54. The summed E-state index contributed by atoms with van der Waals surface area (Å²) in [5, 5.41) is 11.7. The minimum Gasteiger partial charge on any atom is -0.481 e. The predicted octanol–water partition coefficient (Wildman–Crippen LogP) is 1.85. The molecular weight excluding hydrogens is 458 g/mol. The monoisotopic (exact) mass is 485 g/mol. The van der Waals surface area contributed by atoms with E-state index in [9.17, 15) is 18.0 Å². The molecule has 0 heterocycles. The van der Waals surface area contributed by atoms with Crippen molar-refractivity contribution in [3.05, 3.63) is 66.2 Å². The quantitative estimate of drug-likeness (QED) is 0.119. The normalized spacial score (nSPS) is 11.8. The number of ether oxygens (including phenoxy) is 1. The van der Waals surface area contributed by atoms with Crippen molar-refractivity contribution in [2.45, 2.75) is 30.7 Å². The molecule has 2 aromatic rings. The molecule has 0 aliphatic heterocycles. The van der Waals surface area contributed by atoms with E-state index in [0.717, 1.165) is 5.56 Å². The number of hydroxylamine groups is 1. The molecular formula is C24H27N3O6S. The summed E-state index contributed by atoms with van der Waals surface area (Å²) < 4.78 is 33.0. The zero-order valence-electron chi connectivity index (χ0n) is 18.7. The Balaban J connectivity index is 1.89. The van der Waals surface area contributed by atoms with E-state index in [2.05, 4.69) is 21.9 Å². The van der Waals surface area contributed by atoms with E-state index in [-0.39, 0.29) is 36.8 Å². The van der Waals surface area contributed by atoms with Crippen LogP contribution in [0.3, 0.4) is 0 Å². The summed E-state index contributed by atoms with van der Waals surface area (Å²) in [5.74, 6) is 4.64. The molecule has 2 rings (SSSR count). The summed E-state index contributed by atoms with van der Waals surface area (Å²) in [6.07, 6.45) is 3.39. The molecule has 4 N–H and O–H groups in total. The van der Waals surface area contributed by atoms with Gasteiger partial charge in [-0.25, -0.2) is 13.9 Å². The van der Waals surface area contributed by atoms with Gasteiger partial charge in [0.2, 0.25) is 15.9 Å². The number of carbonyl (C=O) groups is 2. The van der Waals surface area contributed by atoms with Gasteiger partial charge in [-0.1, -0.05) is 36.3 Å². The van der Waals surface area contributed by atoms with Gasteiger partial charge >= 0.3 is 0 Å². The highest BCUT2D eigenvalue weighted by Crippen LogP contribution is 2.16. The molecule has 9 nitrogen and oxygen atoms in total. The first kappa shape index (κ1) is 26.6. The van der Waals surface area contributed by atoms with Gasteiger partial charge in [0.25, 0.3) is 5.91 Å². The summed E-state index contributed by atoms with van der Waals surface area (Å²) in [6, 6.07) is 13.7. The van der Waals surface area contributed by atoms with Crippen LogP contribution >= 0.6 is 0 Å². The lowest BCUT2D eigenvalue weighted by Gasteiger charge is -2.17. The SMILES string of the molecule is CC#CCOc1ccc(S(=O)(=O)N[C@H](CCCNC(=O)/C=C/c2ccccc2)C(=O)NO)cc1. The fourth-order valence-corrected chi connectivity index (χ4v) is 4.03. The second kappa shape index (κ2) is 13.8. The Morgan fingerprint density at radius 1 is 1.12 bits per heavy atom. The molecule has 2 amide bonds. The first-order valence-electron chi connectivity index (χ1n) is 10.5. The molecule has 1 atom stereocenters. The van der Waals surface area contributed by atoms with Gasteiger partial charge in [-0.05, 0) is 55.7 Å². The topological polar surface area (TPSA) is 134 Å². The molecule has 0 aliphatic rings. The van der Waals surface area contributed by atoms with E-state index in [4.69, 9.17) is 9.94 Å². The van der Waals surface area contributed by atoms with Crippen LogP contribution in [0.25, 0.3) is 6.08 Å². The van der Waals surface area contributed by atoms with Crippen LogP contribution in [0.2, 0.25) is 0 Å². The molecule has 0 saturated carbocycles. The van der Waals surface area contributed by atoms with Crippen molar-refractivity contribution >= 4 is 27.9 Å². The predicted molar refractivity (Wildman–Crippen MR) is 127 cm³/mol. The minimum absolute atomic E-state index is 0.0468. The molecule has 0 unspecified atom stereocenters. The molecule has 180 valence electrons. The fourth-order valence-electron chi connectivity index (χ4n) is 2.80. The van der Waals surface area contributed by atoms with Gasteiger partial charge in [0.15, 0.2) is 0 Å². The van der Waals surface area contributed by atoms with Crippen LogP contribution in [0.5, 0.6) is 5.75 Å². The van der Waals surface area contributed by atoms with Crippen molar-refractivity contribution in [3.8, 4) is 17.6 Å². The number of amides is 2. The highest BCUT2D eigenvalue weighted by atomic mass is 32.2. The molecule has 0 spiro atoms. The summed E-state index contributed by atoms with van der Waals surface area (Å²) in [4.78, 5) is 23.8. The molecule has 0 saturated heterocycles. The largest absolute Gasteiger partial charge is 0.481 e. The smallest absolute Gasteiger partial charge is 0.261 e. The van der Waals surface area contributed by atoms with Gasteiger partial charge in [0.05, 0.1) is 4.90 Å². The maximum atomic E-state index is 12.7. The lowest BCUT2D eigenvalue weighted by Crippen LogP contribution is -2.46. The highest BCUT2D eigenvalue weighted by Gasteiger charge is 2.25. The van der Waals surface area contributed by atoms with Gasteiger partial charge in [-0.15, -0.1) is 5.92 Å². The van der Waals surface area contributed by atoms with Crippen molar-refractivity contribution in [3.63, 3.8) is 0 Å². The average molecular weight is 486 g/mol. The molecule has 34 heavy (non-hydrogen) atoms. The molecule has 0 fully saturated rings. The van der Waals surface area contributed by atoms with Crippen molar-refractivity contribution in [2.24, 2.45) is 0 Å². The number of benzene rings is 2. The number of rotatable bonds is 12. The summed E-state index contributed by atoms with van der Waals surface area (Å²) in [6.45, 7) is 2.07. The molecule has 0 radical (unpaired) electrons. The Kier molecular flexibility index (Phi) is 10.8. The Morgan fingerprint density at radius 2 is 1.82 bits per heavy atom. The summed E-state index contributed by atoms with van der Waals surface area (Å²) in [7, 11) is -4.05. The van der Waals surface area contributed by atoms with Crippen molar-refractivity contribution in [1.82, 2.24) is 15.5 Å². The van der Waals surface area contributed by atoms with E-state index < -0.39 is 22.0 Å². The van der Waals surface area contributed by atoms with Crippen molar-refractivity contribution in [2.75, 3.05) is 13.2 Å². The Hall–Kier alpha value is -3.65. The van der Waals surface area contributed by atoms with Crippen LogP contribution < -0.4 is 20.3 Å². The lowest BCUT2D eigenvalue weighted by atomic mass is 10.1. The maximum absolute atomic E-state index is 12.7. The molecule has 2 aromatic carbocycles. The van der Waals surface area contributed by atoms with Crippen molar-refractivity contribution in [1.29, 1.82) is 0 Å². The number of nitrogens with one attached hydrogen (secondary N) is 3. The Labute approximate surface area is 199 Å². The number of carbonyl (C=O) groups excluding carboxylic acids is 2. The van der Waals surface area contributed by atoms with Gasteiger partial charge in [0.1, 0.15) is 18.4 Å². The van der Waals surface area contributed by atoms with E-state index >= 15 is 0 Å². The van der Waals surface area contributed by atoms with Crippen LogP contribution in [0.15, 0.2) is 65.6 Å². The molecule has 0 aliphatic carbocycles. The second-order valence-corrected chi connectivity index (χ2v) is 8.73. The van der Waals surface area contributed by atoms with E-state index in [0.29, 0.717) is 5.75 Å². The minimum atomic E-state index is -4.05. The summed E-state index contributed by atoms with van der Waals surface area (Å²) >= 11 is 0. The summed E-state index contributed by atoms with van der Waals surface area (Å²) in [5.41, 5.74) is 2.34. The Morgan fingerprint density at radius 3 is 2.47 bits per heavy atom. The number of hydrogen-bond acceptors (Lipinski definition) is 6. The highest BCUT2D eigenvalue weighted by molar-refractivity contribution is 7.89. The van der Waals surface area contributed by atoms with Crippen LogP contribution in [0.4, 0.5) is 0 Å². The van der Waals surface area contributed by atoms with Gasteiger partial charge < -0.3 is 10.1 Å². The van der Waals surface area contributed by atoms with Crippen molar-refractivity contribution < 1.29 is 28.0 Å². The van der Waals surface area contributed by atoms with Gasteiger partial charge in [-0.2, -0.15) is 4.72 Å². The van der Waals surface area contributed by atoms with E-state index in [1.54, 1.807) is 13.0 Å². The zero-order chi connectivity index (χ0) is 24.8. The zero-order valence-corrected chi connectivity index (χ0v) is 19.5. The van der Waals surface area contributed by atoms with E-state index in [1.165, 1.54) is 35.8 Å². The van der Waals surface area contributed by atoms with Gasteiger partial charge in [0, 0.05) is 12.6 Å². The third-order valence-corrected chi connectivity index (χ3v) is 6.03. The lowest BCUT2D eigenvalue weighted by molar-refractivity contribution is -0.131. The average Bonchev–Trinajstić information content (AvgIpc) is 2.85. The number of sulfonamides is 1. The fraction of sp³-hybridized carbons (Fsp3) is 0.250. The second-order valence-electron chi connectivity index (χ2n) is 7.01. The van der Waals surface area contributed by atoms with Crippen LogP contribution in [0, 0.1) is 11.8 Å². The Bertz CT molecular complexity index is 1140. The van der Waals surface area contributed by atoms with Crippen LogP contribution in [-0.4, -0.2) is 44.6 Å². The standard InChI is InChI=1S/C24H27N3O6S/c1-2-3-18-33-20-12-14-21(15-13-20)34(31,32)27-22(24(29)26-30)10-7-17-25-23(28)16-11-19-8-5-4-6-9-19/h4-6,8-9,11-16,22,27,30H,7,10,17-18H2,1H3,(H,25,28)(H,26,29)/b16-11+/t22-/m1/s1. The van der Waals surface area contributed by atoms with Crippen LogP contribution in [0.1, 0.15) is 25.3 Å². The third kappa shape index (κ3) is 9.07. The number of hydrogen-bond donors (Lipinski definition) is 4. The maximum Gasteiger partial charge on any atom is 0.261 e. The molecule has 10 heteroatoms.